The Hall–Kier alpha value is -2.62. The molecule has 1 amide bonds. The smallest absolute Gasteiger partial charge is 0.247 e. The van der Waals surface area contributed by atoms with Crippen LogP contribution in [0.1, 0.15) is 63.1 Å². The van der Waals surface area contributed by atoms with E-state index in [0.717, 1.165) is 28.1 Å². The fourth-order valence-corrected chi connectivity index (χ4v) is 3.90. The molecule has 1 heterocycles. The summed E-state index contributed by atoms with van der Waals surface area (Å²) >= 11 is 0. The summed E-state index contributed by atoms with van der Waals surface area (Å²) in [5.41, 5.74) is 6.43. The van der Waals surface area contributed by atoms with Crippen LogP contribution in [0.3, 0.4) is 0 Å². The lowest BCUT2D eigenvalue weighted by atomic mass is 9.95. The van der Waals surface area contributed by atoms with Crippen molar-refractivity contribution in [3.05, 3.63) is 52.7 Å². The van der Waals surface area contributed by atoms with Gasteiger partial charge in [-0.2, -0.15) is 0 Å². The summed E-state index contributed by atoms with van der Waals surface area (Å²) < 4.78 is 0. The second-order valence-electron chi connectivity index (χ2n) is 8.54. The van der Waals surface area contributed by atoms with Crippen LogP contribution in [0.4, 0.5) is 5.82 Å². The number of carbonyl (C=O) groups is 1. The van der Waals surface area contributed by atoms with Gasteiger partial charge >= 0.3 is 0 Å². The second kappa shape index (κ2) is 9.25. The number of aromatic nitrogens is 1. The van der Waals surface area contributed by atoms with Crippen molar-refractivity contribution in [2.24, 2.45) is 0 Å². The molecule has 1 fully saturated rings. The van der Waals surface area contributed by atoms with E-state index in [1.54, 1.807) is 0 Å². The van der Waals surface area contributed by atoms with Gasteiger partial charge in [-0.1, -0.05) is 25.0 Å². The zero-order valence-electron chi connectivity index (χ0n) is 18.3. The molecule has 0 saturated heterocycles. The van der Waals surface area contributed by atoms with E-state index < -0.39 is 0 Å². The summed E-state index contributed by atoms with van der Waals surface area (Å²) in [6.45, 7) is 10.0. The van der Waals surface area contributed by atoms with Crippen LogP contribution in [0.2, 0.25) is 0 Å². The molecule has 2 N–H and O–H groups in total. The van der Waals surface area contributed by atoms with Gasteiger partial charge in [-0.3, -0.25) is 4.79 Å². The topological polar surface area (TPSA) is 54.0 Å². The van der Waals surface area contributed by atoms with Gasteiger partial charge in [0.2, 0.25) is 5.91 Å². The van der Waals surface area contributed by atoms with Gasteiger partial charge in [0, 0.05) is 29.4 Å². The molecule has 1 aliphatic rings. The van der Waals surface area contributed by atoms with E-state index in [1.807, 2.05) is 33.0 Å². The number of amides is 1. The number of carbonyl (C=O) groups excluding carboxylic acids is 1. The molecule has 0 bridgehead atoms. The van der Waals surface area contributed by atoms with Crippen LogP contribution in [0.15, 0.2) is 36.0 Å². The summed E-state index contributed by atoms with van der Waals surface area (Å²) in [7, 11) is 0. The Morgan fingerprint density at radius 2 is 1.86 bits per heavy atom. The molecule has 4 heteroatoms. The standard InChI is InChI=1S/C25H33N3O/c1-16(2)27-25(29)19(5)13-21-12-18(4)23(14-17(21)3)20-10-11-24(26-15-20)28-22-8-6-7-9-22/h10-16,22H,6-9H2,1-5H3,(H,26,28)(H,27,29). The first-order valence-electron chi connectivity index (χ1n) is 10.7. The third-order valence-electron chi connectivity index (χ3n) is 5.54. The van der Waals surface area contributed by atoms with Gasteiger partial charge < -0.3 is 10.6 Å². The zero-order chi connectivity index (χ0) is 21.0. The van der Waals surface area contributed by atoms with Gasteiger partial charge in [0.1, 0.15) is 5.82 Å². The van der Waals surface area contributed by atoms with Crippen LogP contribution in [0.5, 0.6) is 0 Å². The number of nitrogens with one attached hydrogen (secondary N) is 2. The van der Waals surface area contributed by atoms with Crippen LogP contribution in [-0.4, -0.2) is 23.0 Å². The van der Waals surface area contributed by atoms with Crippen molar-refractivity contribution in [3.63, 3.8) is 0 Å². The summed E-state index contributed by atoms with van der Waals surface area (Å²) in [6.07, 6.45) is 9.03. The number of nitrogens with zero attached hydrogens (tertiary/aromatic N) is 1. The minimum absolute atomic E-state index is 0.0179. The van der Waals surface area contributed by atoms with E-state index in [2.05, 4.69) is 53.7 Å². The molecule has 1 aromatic heterocycles. The monoisotopic (exact) mass is 391 g/mol. The molecule has 0 spiro atoms. The summed E-state index contributed by atoms with van der Waals surface area (Å²) in [5, 5.41) is 6.49. The molecule has 4 nitrogen and oxygen atoms in total. The van der Waals surface area contributed by atoms with Crippen LogP contribution >= 0.6 is 0 Å². The number of rotatable bonds is 6. The van der Waals surface area contributed by atoms with E-state index in [-0.39, 0.29) is 11.9 Å². The Morgan fingerprint density at radius 3 is 2.48 bits per heavy atom. The van der Waals surface area contributed by atoms with Gasteiger partial charge in [0.25, 0.3) is 0 Å². The third kappa shape index (κ3) is 5.47. The highest BCUT2D eigenvalue weighted by molar-refractivity contribution is 5.97. The zero-order valence-corrected chi connectivity index (χ0v) is 18.3. The first kappa shape index (κ1) is 21.1. The highest BCUT2D eigenvalue weighted by Crippen LogP contribution is 2.28. The van der Waals surface area contributed by atoms with Crippen molar-refractivity contribution in [2.75, 3.05) is 5.32 Å². The molecule has 1 aromatic carbocycles. The number of hydrogen-bond acceptors (Lipinski definition) is 3. The Labute approximate surface area is 174 Å². The van der Waals surface area contributed by atoms with Gasteiger partial charge in [0.05, 0.1) is 0 Å². The molecule has 0 aliphatic heterocycles. The fourth-order valence-electron chi connectivity index (χ4n) is 3.90. The normalized spacial score (nSPS) is 15.0. The van der Waals surface area contributed by atoms with E-state index in [9.17, 15) is 4.79 Å². The lowest BCUT2D eigenvalue weighted by Gasteiger charge is -2.14. The predicted octanol–water partition coefficient (Wildman–Crippen LogP) is 5.65. The maximum absolute atomic E-state index is 12.2. The Morgan fingerprint density at radius 1 is 1.14 bits per heavy atom. The van der Waals surface area contributed by atoms with Crippen LogP contribution < -0.4 is 10.6 Å². The minimum Gasteiger partial charge on any atom is -0.367 e. The number of benzene rings is 1. The largest absolute Gasteiger partial charge is 0.367 e. The quantitative estimate of drug-likeness (QED) is 0.626. The average Bonchev–Trinajstić information content (AvgIpc) is 3.17. The van der Waals surface area contributed by atoms with Gasteiger partial charge in [-0.25, -0.2) is 4.98 Å². The second-order valence-corrected chi connectivity index (χ2v) is 8.54. The number of pyridine rings is 1. The Bertz CT molecular complexity index is 891. The molecule has 154 valence electrons. The van der Waals surface area contributed by atoms with Gasteiger partial charge in [-0.05, 0) is 87.9 Å². The van der Waals surface area contributed by atoms with Crippen molar-refractivity contribution < 1.29 is 4.79 Å². The molecule has 1 aliphatic carbocycles. The Kier molecular flexibility index (Phi) is 6.73. The maximum Gasteiger partial charge on any atom is 0.247 e. The first-order valence-corrected chi connectivity index (χ1v) is 10.7. The van der Waals surface area contributed by atoms with Gasteiger partial charge in [-0.15, -0.1) is 0 Å². The average molecular weight is 392 g/mol. The number of aryl methyl sites for hydroxylation is 2. The molecular weight excluding hydrogens is 358 g/mol. The van der Waals surface area contributed by atoms with E-state index in [0.29, 0.717) is 6.04 Å². The molecule has 3 rings (SSSR count). The van der Waals surface area contributed by atoms with Crippen LogP contribution in [0.25, 0.3) is 17.2 Å². The summed E-state index contributed by atoms with van der Waals surface area (Å²) in [6, 6.07) is 9.27. The minimum atomic E-state index is -0.0179. The maximum atomic E-state index is 12.2. The SMILES string of the molecule is CC(=Cc1cc(C)c(-c2ccc(NC3CCCC3)nc2)cc1C)C(=O)NC(C)C. The molecule has 1 saturated carbocycles. The lowest BCUT2D eigenvalue weighted by molar-refractivity contribution is -0.117. The van der Waals surface area contributed by atoms with E-state index >= 15 is 0 Å². The molecule has 0 atom stereocenters. The van der Waals surface area contributed by atoms with Crippen molar-refractivity contribution in [2.45, 2.75) is 72.4 Å². The van der Waals surface area contributed by atoms with Crippen LogP contribution in [0, 0.1) is 13.8 Å². The molecule has 0 unspecified atom stereocenters. The molecule has 2 aromatic rings. The van der Waals surface area contributed by atoms with Crippen molar-refractivity contribution in [1.29, 1.82) is 0 Å². The molecule has 29 heavy (non-hydrogen) atoms. The van der Waals surface area contributed by atoms with Crippen molar-refractivity contribution >= 4 is 17.8 Å². The third-order valence-corrected chi connectivity index (χ3v) is 5.54. The van der Waals surface area contributed by atoms with E-state index in [1.165, 1.54) is 36.8 Å². The summed E-state index contributed by atoms with van der Waals surface area (Å²) in [5.74, 6) is 0.942. The van der Waals surface area contributed by atoms with Crippen molar-refractivity contribution in [3.8, 4) is 11.1 Å². The lowest BCUT2D eigenvalue weighted by Crippen LogP contribution is -2.30. The highest BCUT2D eigenvalue weighted by Gasteiger charge is 2.15. The molecular formula is C25H33N3O. The number of hydrogen-bond donors (Lipinski definition) is 2. The Balaban J connectivity index is 1.79. The first-order chi connectivity index (χ1) is 13.8. The van der Waals surface area contributed by atoms with Gasteiger partial charge in [0.15, 0.2) is 0 Å². The highest BCUT2D eigenvalue weighted by atomic mass is 16.1. The summed E-state index contributed by atoms with van der Waals surface area (Å²) in [4.78, 5) is 16.8. The van der Waals surface area contributed by atoms with Crippen molar-refractivity contribution in [1.82, 2.24) is 10.3 Å². The van der Waals surface area contributed by atoms with Crippen LogP contribution in [-0.2, 0) is 4.79 Å². The number of anilines is 1. The van der Waals surface area contributed by atoms with E-state index in [4.69, 9.17) is 0 Å². The molecule has 0 radical (unpaired) electrons. The predicted molar refractivity (Wildman–Crippen MR) is 122 cm³/mol. The fraction of sp³-hybridized carbons (Fsp3) is 0.440.